The number of ether oxygens (including phenoxy) is 1. The summed E-state index contributed by atoms with van der Waals surface area (Å²) in [6, 6.07) is 3.82. The molecule has 0 saturated carbocycles. The molecule has 150 valence electrons. The average Bonchev–Trinajstić information content (AvgIpc) is 3.05. The quantitative estimate of drug-likeness (QED) is 0.697. The first-order valence-corrected chi connectivity index (χ1v) is 8.53. The first-order valence-electron chi connectivity index (χ1n) is 8.53. The second-order valence-corrected chi connectivity index (χ2v) is 6.72. The van der Waals surface area contributed by atoms with Crippen molar-refractivity contribution in [3.05, 3.63) is 65.4 Å². The highest BCUT2D eigenvalue weighted by Crippen LogP contribution is 2.34. The Morgan fingerprint density at radius 2 is 1.90 bits per heavy atom. The topological polar surface area (TPSA) is 89.3 Å². The van der Waals surface area contributed by atoms with E-state index in [4.69, 9.17) is 4.74 Å². The van der Waals surface area contributed by atoms with Crippen LogP contribution in [0.25, 0.3) is 11.3 Å². The van der Waals surface area contributed by atoms with E-state index in [0.29, 0.717) is 5.69 Å². The van der Waals surface area contributed by atoms with Gasteiger partial charge in [0.1, 0.15) is 34.4 Å². The number of carbonyl (C=O) groups is 1. The fourth-order valence-corrected chi connectivity index (χ4v) is 2.95. The Bertz CT molecular complexity index is 1090. The van der Waals surface area contributed by atoms with Crippen molar-refractivity contribution in [3.63, 3.8) is 0 Å². The highest BCUT2D eigenvalue weighted by atomic mass is 19.1. The van der Waals surface area contributed by atoms with Crippen molar-refractivity contribution in [2.24, 2.45) is 7.05 Å². The Morgan fingerprint density at radius 3 is 2.45 bits per heavy atom. The molecule has 0 aliphatic carbocycles. The number of hydrogen-bond donors (Lipinski definition) is 2. The number of hydrogen-bond acceptors (Lipinski definition) is 5. The zero-order chi connectivity index (χ0) is 20.8. The van der Waals surface area contributed by atoms with Gasteiger partial charge in [0.15, 0.2) is 0 Å². The molecule has 29 heavy (non-hydrogen) atoms. The van der Waals surface area contributed by atoms with Gasteiger partial charge in [0.05, 0.1) is 30.7 Å². The van der Waals surface area contributed by atoms with Crippen LogP contribution in [0.4, 0.5) is 18.9 Å². The van der Waals surface area contributed by atoms with Gasteiger partial charge < -0.3 is 15.2 Å². The monoisotopic (exact) mass is 404 g/mol. The van der Waals surface area contributed by atoms with Crippen molar-refractivity contribution in [2.75, 3.05) is 18.5 Å². The number of aliphatic hydroxyl groups is 1. The maximum absolute atomic E-state index is 14.6. The molecule has 0 atom stereocenters. The smallest absolute Gasteiger partial charge is 0.274 e. The molecule has 7 nitrogen and oxygen atoms in total. The minimum Gasteiger partial charge on any atom is -0.380 e. The minimum atomic E-state index is -1.49. The number of carbonyl (C=O) groups excluding carboxylic acids is 1. The maximum Gasteiger partial charge on any atom is 0.274 e. The molecule has 1 fully saturated rings. The van der Waals surface area contributed by atoms with Crippen LogP contribution in [0, 0.1) is 17.5 Å². The van der Waals surface area contributed by atoms with Crippen LogP contribution >= 0.6 is 0 Å². The number of benzene rings is 1. The summed E-state index contributed by atoms with van der Waals surface area (Å²) in [5.41, 5.74) is -2.75. The third-order valence-electron chi connectivity index (χ3n) is 4.54. The fraction of sp³-hybridized carbons (Fsp3) is 0.211. The molecule has 0 radical (unpaired) electrons. The number of aryl methyl sites for hydroxylation is 1. The number of pyridine rings is 1. The molecule has 3 heterocycles. The lowest BCUT2D eigenvalue weighted by Crippen LogP contribution is -2.46. The minimum absolute atomic E-state index is 0.0200. The Labute approximate surface area is 162 Å². The molecular weight excluding hydrogens is 389 g/mol. The fourth-order valence-electron chi connectivity index (χ4n) is 2.95. The van der Waals surface area contributed by atoms with Crippen molar-refractivity contribution >= 4 is 11.6 Å². The van der Waals surface area contributed by atoms with Crippen LogP contribution in [-0.2, 0) is 17.4 Å². The van der Waals surface area contributed by atoms with Crippen LogP contribution in [0.5, 0.6) is 0 Å². The lowest BCUT2D eigenvalue weighted by atomic mass is 9.90. The Kier molecular flexibility index (Phi) is 4.59. The Balaban J connectivity index is 1.70. The Hall–Kier alpha value is -3.24. The summed E-state index contributed by atoms with van der Waals surface area (Å²) in [4.78, 5) is 16.2. The second-order valence-electron chi connectivity index (χ2n) is 6.72. The van der Waals surface area contributed by atoms with E-state index in [-0.39, 0.29) is 24.5 Å². The SMILES string of the molecule is Cn1cc(NC(=O)c2ccc(F)c(-c3c(F)cc(C4(O)COC4)cc3F)n2)cn1. The molecule has 10 heteroatoms. The summed E-state index contributed by atoms with van der Waals surface area (Å²) in [7, 11) is 1.66. The molecule has 1 saturated heterocycles. The van der Waals surface area contributed by atoms with Crippen LogP contribution in [-0.4, -0.2) is 39.0 Å². The first-order chi connectivity index (χ1) is 13.8. The zero-order valence-electron chi connectivity index (χ0n) is 15.1. The molecule has 0 unspecified atom stereocenters. The molecule has 1 aromatic carbocycles. The van der Waals surface area contributed by atoms with Crippen molar-refractivity contribution in [1.82, 2.24) is 14.8 Å². The number of anilines is 1. The lowest BCUT2D eigenvalue weighted by molar-refractivity contribution is -0.184. The van der Waals surface area contributed by atoms with Gasteiger partial charge in [-0.1, -0.05) is 0 Å². The Morgan fingerprint density at radius 1 is 1.21 bits per heavy atom. The third kappa shape index (κ3) is 3.47. The summed E-state index contributed by atoms with van der Waals surface area (Å²) in [6.07, 6.45) is 2.94. The van der Waals surface area contributed by atoms with Crippen molar-refractivity contribution in [3.8, 4) is 11.3 Å². The van der Waals surface area contributed by atoms with Gasteiger partial charge in [0.25, 0.3) is 5.91 Å². The molecule has 4 rings (SSSR count). The van der Waals surface area contributed by atoms with E-state index in [2.05, 4.69) is 15.4 Å². The molecule has 1 aliphatic heterocycles. The first kappa shape index (κ1) is 19.1. The molecule has 0 spiro atoms. The van der Waals surface area contributed by atoms with E-state index in [1.807, 2.05) is 0 Å². The van der Waals surface area contributed by atoms with Crippen LogP contribution in [0.1, 0.15) is 16.1 Å². The number of rotatable bonds is 4. The van der Waals surface area contributed by atoms with Crippen LogP contribution in [0.3, 0.4) is 0 Å². The molecule has 2 N–H and O–H groups in total. The standard InChI is InChI=1S/C19H15F3N4O3/c1-26-7-11(6-23-26)24-18(27)15-3-2-12(20)17(25-15)16-13(21)4-10(5-14(16)22)19(28)8-29-9-19/h2-7,28H,8-9H2,1H3,(H,24,27). The number of nitrogens with one attached hydrogen (secondary N) is 1. The number of aromatic nitrogens is 3. The van der Waals surface area contributed by atoms with Gasteiger partial charge in [0, 0.05) is 13.2 Å². The van der Waals surface area contributed by atoms with Gasteiger partial charge in [-0.3, -0.25) is 9.48 Å². The molecule has 3 aromatic rings. The van der Waals surface area contributed by atoms with Gasteiger partial charge in [-0.05, 0) is 29.8 Å². The van der Waals surface area contributed by atoms with Gasteiger partial charge in [-0.2, -0.15) is 5.10 Å². The van der Waals surface area contributed by atoms with E-state index in [9.17, 15) is 23.1 Å². The van der Waals surface area contributed by atoms with Gasteiger partial charge >= 0.3 is 0 Å². The van der Waals surface area contributed by atoms with E-state index in [1.165, 1.54) is 17.1 Å². The van der Waals surface area contributed by atoms with E-state index in [1.54, 1.807) is 7.05 Å². The highest BCUT2D eigenvalue weighted by Gasteiger charge is 2.39. The molecule has 2 aromatic heterocycles. The number of halogens is 3. The molecule has 1 aliphatic rings. The number of nitrogens with zero attached hydrogens (tertiary/aromatic N) is 3. The van der Waals surface area contributed by atoms with E-state index < -0.39 is 40.2 Å². The van der Waals surface area contributed by atoms with Crippen molar-refractivity contribution < 1.29 is 27.8 Å². The molecule has 1 amide bonds. The predicted octanol–water partition coefficient (Wildman–Crippen LogP) is 2.37. The van der Waals surface area contributed by atoms with Gasteiger partial charge in [0.2, 0.25) is 0 Å². The van der Waals surface area contributed by atoms with Crippen molar-refractivity contribution in [1.29, 1.82) is 0 Å². The highest BCUT2D eigenvalue weighted by molar-refractivity contribution is 6.03. The van der Waals surface area contributed by atoms with Crippen LogP contribution < -0.4 is 5.32 Å². The summed E-state index contributed by atoms with van der Waals surface area (Å²) < 4.78 is 49.9. The molecular formula is C19H15F3N4O3. The summed E-state index contributed by atoms with van der Waals surface area (Å²) in [5.74, 6) is -3.93. The second kappa shape index (κ2) is 6.98. The maximum atomic E-state index is 14.6. The normalized spacial score (nSPS) is 15.1. The lowest BCUT2D eigenvalue weighted by Gasteiger charge is -2.36. The largest absolute Gasteiger partial charge is 0.380 e. The van der Waals surface area contributed by atoms with E-state index in [0.717, 1.165) is 24.3 Å². The molecule has 0 bridgehead atoms. The van der Waals surface area contributed by atoms with Crippen LogP contribution in [0.2, 0.25) is 0 Å². The summed E-state index contributed by atoms with van der Waals surface area (Å²) in [5, 5.41) is 16.6. The van der Waals surface area contributed by atoms with Gasteiger partial charge in [-0.15, -0.1) is 0 Å². The van der Waals surface area contributed by atoms with Crippen molar-refractivity contribution in [2.45, 2.75) is 5.60 Å². The average molecular weight is 404 g/mol. The third-order valence-corrected chi connectivity index (χ3v) is 4.54. The zero-order valence-corrected chi connectivity index (χ0v) is 15.1. The number of amides is 1. The van der Waals surface area contributed by atoms with Gasteiger partial charge in [-0.25, -0.2) is 18.2 Å². The summed E-state index contributed by atoms with van der Waals surface area (Å²) in [6.45, 7) is -0.191. The van der Waals surface area contributed by atoms with Crippen LogP contribution in [0.15, 0.2) is 36.7 Å². The van der Waals surface area contributed by atoms with E-state index >= 15 is 0 Å². The predicted molar refractivity (Wildman–Crippen MR) is 95.4 cm³/mol. The summed E-state index contributed by atoms with van der Waals surface area (Å²) >= 11 is 0.